The van der Waals surface area contributed by atoms with Gasteiger partial charge in [0.1, 0.15) is 6.04 Å². The van der Waals surface area contributed by atoms with Gasteiger partial charge >= 0.3 is 5.97 Å². The van der Waals surface area contributed by atoms with Gasteiger partial charge in [-0.3, -0.25) is 9.59 Å². The van der Waals surface area contributed by atoms with Crippen molar-refractivity contribution in [2.45, 2.75) is 44.6 Å². The summed E-state index contributed by atoms with van der Waals surface area (Å²) in [6.45, 7) is 1.56. The zero-order valence-corrected chi connectivity index (χ0v) is 15.0. The zero-order chi connectivity index (χ0) is 18.5. The van der Waals surface area contributed by atoms with Gasteiger partial charge in [-0.25, -0.2) is 4.79 Å². The van der Waals surface area contributed by atoms with E-state index in [-0.39, 0.29) is 17.7 Å². The molecule has 6 nitrogen and oxygen atoms in total. The van der Waals surface area contributed by atoms with Crippen LogP contribution in [-0.2, 0) is 20.8 Å². The summed E-state index contributed by atoms with van der Waals surface area (Å²) >= 11 is 0. The second kappa shape index (κ2) is 8.34. The average molecular weight is 358 g/mol. The molecular formula is C20H26N2O4. The van der Waals surface area contributed by atoms with E-state index in [4.69, 9.17) is 0 Å². The molecule has 26 heavy (non-hydrogen) atoms. The molecule has 6 heteroatoms. The van der Waals surface area contributed by atoms with Gasteiger partial charge in [-0.1, -0.05) is 30.3 Å². The highest BCUT2D eigenvalue weighted by molar-refractivity contribution is 5.86. The van der Waals surface area contributed by atoms with E-state index in [2.05, 4.69) is 0 Å². The summed E-state index contributed by atoms with van der Waals surface area (Å²) in [4.78, 5) is 40.3. The number of nitrogens with zero attached hydrogens (tertiary/aromatic N) is 2. The van der Waals surface area contributed by atoms with Crippen molar-refractivity contribution in [3.8, 4) is 0 Å². The summed E-state index contributed by atoms with van der Waals surface area (Å²) in [5.41, 5.74) is 0.966. The molecule has 140 valence electrons. The molecule has 2 fully saturated rings. The van der Waals surface area contributed by atoms with Gasteiger partial charge in [0, 0.05) is 19.6 Å². The van der Waals surface area contributed by atoms with Crippen LogP contribution in [-0.4, -0.2) is 58.4 Å². The fourth-order valence-corrected chi connectivity index (χ4v) is 3.97. The fourth-order valence-electron chi connectivity index (χ4n) is 3.97. The van der Waals surface area contributed by atoms with Crippen LogP contribution in [0.25, 0.3) is 0 Å². The van der Waals surface area contributed by atoms with Crippen molar-refractivity contribution in [2.24, 2.45) is 5.92 Å². The Balaban J connectivity index is 1.63. The fraction of sp³-hybridized carbons (Fsp3) is 0.550. The topological polar surface area (TPSA) is 77.9 Å². The van der Waals surface area contributed by atoms with Crippen LogP contribution in [0.1, 0.15) is 37.7 Å². The third-order valence-electron chi connectivity index (χ3n) is 5.39. The van der Waals surface area contributed by atoms with Crippen LogP contribution in [0.5, 0.6) is 0 Å². The molecule has 1 aromatic rings. The molecule has 0 bridgehead atoms. The Bertz CT molecular complexity index is 661. The number of carboxylic acids is 1. The smallest absolute Gasteiger partial charge is 0.326 e. The van der Waals surface area contributed by atoms with Gasteiger partial charge in [0.2, 0.25) is 11.8 Å². The minimum Gasteiger partial charge on any atom is -0.480 e. The molecule has 0 saturated carbocycles. The Morgan fingerprint density at radius 3 is 2.50 bits per heavy atom. The standard InChI is InChI=1S/C20H26N2O4/c23-18(13-15-7-2-1-3-8-15)21-11-6-9-16(14-21)19(24)22-12-5-4-10-17(22)20(25)26/h1-3,7-8,16-17H,4-6,9-14H2,(H,25,26). The third-order valence-corrected chi connectivity index (χ3v) is 5.39. The van der Waals surface area contributed by atoms with Crippen molar-refractivity contribution in [3.05, 3.63) is 35.9 Å². The highest BCUT2D eigenvalue weighted by Crippen LogP contribution is 2.25. The molecule has 2 atom stereocenters. The van der Waals surface area contributed by atoms with Crippen molar-refractivity contribution in [1.29, 1.82) is 0 Å². The first-order chi connectivity index (χ1) is 12.6. The van der Waals surface area contributed by atoms with Crippen LogP contribution in [0.15, 0.2) is 30.3 Å². The Morgan fingerprint density at radius 2 is 1.77 bits per heavy atom. The van der Waals surface area contributed by atoms with Gasteiger partial charge in [0.05, 0.1) is 12.3 Å². The summed E-state index contributed by atoms with van der Waals surface area (Å²) in [7, 11) is 0. The number of likely N-dealkylation sites (tertiary alicyclic amines) is 2. The SMILES string of the molecule is O=C(O)C1CCCCN1C(=O)C1CCCN(C(=O)Cc2ccccc2)C1. The Hall–Kier alpha value is -2.37. The van der Waals surface area contributed by atoms with E-state index in [1.807, 2.05) is 30.3 Å². The molecule has 2 aliphatic heterocycles. The molecular weight excluding hydrogens is 332 g/mol. The molecule has 1 aromatic carbocycles. The predicted octanol–water partition coefficient (Wildman–Crippen LogP) is 1.93. The van der Waals surface area contributed by atoms with Crippen molar-refractivity contribution >= 4 is 17.8 Å². The zero-order valence-electron chi connectivity index (χ0n) is 15.0. The Morgan fingerprint density at radius 1 is 1.00 bits per heavy atom. The number of carbonyl (C=O) groups is 3. The highest BCUT2D eigenvalue weighted by atomic mass is 16.4. The minimum absolute atomic E-state index is 0.0297. The third kappa shape index (κ3) is 4.23. The number of rotatable bonds is 4. The Kier molecular flexibility index (Phi) is 5.91. The normalized spacial score (nSPS) is 23.5. The van der Waals surface area contributed by atoms with Gasteiger partial charge in [0.25, 0.3) is 0 Å². The molecule has 3 rings (SSSR count). The van der Waals surface area contributed by atoms with Crippen LogP contribution >= 0.6 is 0 Å². The second-order valence-electron chi connectivity index (χ2n) is 7.22. The van der Waals surface area contributed by atoms with E-state index in [0.29, 0.717) is 32.5 Å². The maximum Gasteiger partial charge on any atom is 0.326 e. The number of carboxylic acid groups (broad SMARTS) is 1. The maximum atomic E-state index is 12.9. The van der Waals surface area contributed by atoms with Gasteiger partial charge in [-0.2, -0.15) is 0 Å². The number of amides is 2. The molecule has 0 aliphatic carbocycles. The summed E-state index contributed by atoms with van der Waals surface area (Å²) < 4.78 is 0. The number of hydrogen-bond acceptors (Lipinski definition) is 3. The lowest BCUT2D eigenvalue weighted by molar-refractivity contribution is -0.155. The number of benzene rings is 1. The molecule has 0 aromatic heterocycles. The van der Waals surface area contributed by atoms with Crippen molar-refractivity contribution in [3.63, 3.8) is 0 Å². The minimum atomic E-state index is -0.925. The van der Waals surface area contributed by atoms with Crippen LogP contribution in [0.3, 0.4) is 0 Å². The lowest BCUT2D eigenvalue weighted by atomic mass is 9.93. The van der Waals surface area contributed by atoms with Crippen molar-refractivity contribution in [1.82, 2.24) is 9.80 Å². The molecule has 2 unspecified atom stereocenters. The lowest BCUT2D eigenvalue weighted by Crippen LogP contribution is -2.53. The average Bonchev–Trinajstić information content (AvgIpc) is 2.68. The van der Waals surface area contributed by atoms with Gasteiger partial charge in [0.15, 0.2) is 0 Å². The highest BCUT2D eigenvalue weighted by Gasteiger charge is 2.37. The number of hydrogen-bond donors (Lipinski definition) is 1. The second-order valence-corrected chi connectivity index (χ2v) is 7.22. The molecule has 0 radical (unpaired) electrons. The van der Waals surface area contributed by atoms with Crippen LogP contribution in [0, 0.1) is 5.92 Å². The molecule has 0 spiro atoms. The summed E-state index contributed by atoms with van der Waals surface area (Å²) in [5, 5.41) is 9.40. The monoisotopic (exact) mass is 358 g/mol. The largest absolute Gasteiger partial charge is 0.480 e. The van der Waals surface area contributed by atoms with E-state index in [9.17, 15) is 19.5 Å². The number of piperidine rings is 2. The van der Waals surface area contributed by atoms with Crippen molar-refractivity contribution < 1.29 is 19.5 Å². The van der Waals surface area contributed by atoms with E-state index < -0.39 is 12.0 Å². The summed E-state index contributed by atoms with van der Waals surface area (Å²) in [5.74, 6) is -1.29. The van der Waals surface area contributed by atoms with E-state index >= 15 is 0 Å². The molecule has 2 heterocycles. The molecule has 2 aliphatic rings. The first-order valence-electron chi connectivity index (χ1n) is 9.41. The first kappa shape index (κ1) is 18.4. The van der Waals surface area contributed by atoms with Crippen LogP contribution < -0.4 is 0 Å². The molecule has 2 amide bonds. The van der Waals surface area contributed by atoms with Gasteiger partial charge in [-0.05, 0) is 37.7 Å². The predicted molar refractivity (Wildman–Crippen MR) is 96.4 cm³/mol. The number of carbonyl (C=O) groups excluding carboxylic acids is 2. The maximum absolute atomic E-state index is 12.9. The van der Waals surface area contributed by atoms with Crippen molar-refractivity contribution in [2.75, 3.05) is 19.6 Å². The molecule has 1 N–H and O–H groups in total. The lowest BCUT2D eigenvalue weighted by Gasteiger charge is -2.38. The van der Waals surface area contributed by atoms with Gasteiger partial charge < -0.3 is 14.9 Å². The van der Waals surface area contributed by atoms with E-state index in [1.165, 1.54) is 4.90 Å². The van der Waals surface area contributed by atoms with E-state index in [1.54, 1.807) is 4.90 Å². The molecule has 2 saturated heterocycles. The summed E-state index contributed by atoms with van der Waals surface area (Å²) in [6, 6.07) is 8.87. The van der Waals surface area contributed by atoms with Gasteiger partial charge in [-0.15, -0.1) is 0 Å². The number of aliphatic carboxylic acids is 1. The van der Waals surface area contributed by atoms with E-state index in [0.717, 1.165) is 31.2 Å². The van der Waals surface area contributed by atoms with Crippen LogP contribution in [0.4, 0.5) is 0 Å². The van der Waals surface area contributed by atoms with Crippen LogP contribution in [0.2, 0.25) is 0 Å². The quantitative estimate of drug-likeness (QED) is 0.892. The summed E-state index contributed by atoms with van der Waals surface area (Å²) in [6.07, 6.45) is 4.04. The Labute approximate surface area is 153 Å². The first-order valence-corrected chi connectivity index (χ1v) is 9.41.